The monoisotopic (exact) mass is 181 g/mol. The van der Waals surface area contributed by atoms with E-state index in [1.54, 1.807) is 0 Å². The van der Waals surface area contributed by atoms with Crippen molar-refractivity contribution in [1.82, 2.24) is 20.3 Å². The Hall–Kier alpha value is -1.10. The fourth-order valence-corrected chi connectivity index (χ4v) is 1.48. The molecule has 0 unspecified atom stereocenters. The number of nitrogens with one attached hydrogen (secondary N) is 1. The summed E-state index contributed by atoms with van der Waals surface area (Å²) in [6.07, 6.45) is 2.01. The van der Waals surface area contributed by atoms with E-state index in [-0.39, 0.29) is 0 Å². The van der Waals surface area contributed by atoms with Gasteiger partial charge < -0.3 is 10.2 Å². The van der Waals surface area contributed by atoms with Gasteiger partial charge in [0.05, 0.1) is 6.20 Å². The Morgan fingerprint density at radius 2 is 2.23 bits per heavy atom. The van der Waals surface area contributed by atoms with Crippen LogP contribution in [0.1, 0.15) is 6.92 Å². The van der Waals surface area contributed by atoms with E-state index in [1.807, 2.05) is 10.9 Å². The summed E-state index contributed by atoms with van der Waals surface area (Å²) in [4.78, 5) is 2.26. The van der Waals surface area contributed by atoms with Crippen molar-refractivity contribution < 1.29 is 0 Å². The molecule has 0 bridgehead atoms. The van der Waals surface area contributed by atoms with E-state index in [9.17, 15) is 0 Å². The van der Waals surface area contributed by atoms with Crippen LogP contribution in [0.3, 0.4) is 0 Å². The molecule has 0 spiro atoms. The topological polar surface area (TPSA) is 46.0 Å². The molecule has 2 rings (SSSR count). The van der Waals surface area contributed by atoms with Crippen molar-refractivity contribution in [2.45, 2.75) is 13.5 Å². The number of aromatic nitrogens is 3. The van der Waals surface area contributed by atoms with Gasteiger partial charge in [0.1, 0.15) is 0 Å². The van der Waals surface area contributed by atoms with Gasteiger partial charge in [-0.2, -0.15) is 0 Å². The molecule has 5 heteroatoms. The summed E-state index contributed by atoms with van der Waals surface area (Å²) >= 11 is 0. The lowest BCUT2D eigenvalue weighted by Gasteiger charge is -2.26. The second-order valence-electron chi connectivity index (χ2n) is 3.17. The number of nitrogens with zero attached hydrogens (tertiary/aromatic N) is 4. The zero-order chi connectivity index (χ0) is 9.10. The maximum Gasteiger partial charge on any atom is 0.171 e. The van der Waals surface area contributed by atoms with Crippen LogP contribution in [0.25, 0.3) is 0 Å². The molecule has 2 heterocycles. The summed E-state index contributed by atoms with van der Waals surface area (Å²) in [6, 6.07) is 0. The first-order valence-corrected chi connectivity index (χ1v) is 4.76. The Bertz CT molecular complexity index is 263. The fourth-order valence-electron chi connectivity index (χ4n) is 1.48. The van der Waals surface area contributed by atoms with Crippen LogP contribution in [0.15, 0.2) is 6.20 Å². The zero-order valence-electron chi connectivity index (χ0n) is 7.90. The highest BCUT2D eigenvalue weighted by molar-refractivity contribution is 5.35. The minimum Gasteiger partial charge on any atom is -0.351 e. The largest absolute Gasteiger partial charge is 0.351 e. The van der Waals surface area contributed by atoms with Crippen LogP contribution in [-0.2, 0) is 6.54 Å². The highest BCUT2D eigenvalue weighted by atomic mass is 15.5. The molecule has 1 aromatic heterocycles. The van der Waals surface area contributed by atoms with E-state index in [1.165, 1.54) is 0 Å². The Morgan fingerprint density at radius 3 is 2.85 bits per heavy atom. The Labute approximate surface area is 77.7 Å². The Kier molecular flexibility index (Phi) is 2.44. The maximum absolute atomic E-state index is 4.12. The molecule has 1 fully saturated rings. The van der Waals surface area contributed by atoms with Crippen LogP contribution in [0, 0.1) is 0 Å². The molecule has 0 radical (unpaired) electrons. The predicted molar refractivity (Wildman–Crippen MR) is 50.8 cm³/mol. The maximum atomic E-state index is 4.12. The van der Waals surface area contributed by atoms with Crippen molar-refractivity contribution in [3.05, 3.63) is 6.20 Å². The lowest BCUT2D eigenvalue weighted by Crippen LogP contribution is -2.43. The summed E-state index contributed by atoms with van der Waals surface area (Å²) in [6.45, 7) is 7.10. The van der Waals surface area contributed by atoms with Gasteiger partial charge in [-0.05, 0) is 6.92 Å². The molecule has 1 aromatic rings. The van der Waals surface area contributed by atoms with E-state index in [2.05, 4.69) is 27.5 Å². The molecule has 0 amide bonds. The normalized spacial score (nSPS) is 17.8. The SMILES string of the molecule is CCn1cc(N2CCNCC2)nn1. The lowest BCUT2D eigenvalue weighted by molar-refractivity contribution is 0.584. The summed E-state index contributed by atoms with van der Waals surface area (Å²) in [7, 11) is 0. The standard InChI is InChI=1S/C8H15N5/c1-2-13-7-8(10-11-13)12-5-3-9-4-6-12/h7,9H,2-6H2,1H3. The van der Waals surface area contributed by atoms with Crippen molar-refractivity contribution in [2.75, 3.05) is 31.1 Å². The Morgan fingerprint density at radius 1 is 1.46 bits per heavy atom. The van der Waals surface area contributed by atoms with E-state index in [4.69, 9.17) is 0 Å². The minimum atomic E-state index is 0.888. The Balaban J connectivity index is 2.05. The van der Waals surface area contributed by atoms with E-state index >= 15 is 0 Å². The summed E-state index contributed by atoms with van der Waals surface area (Å²) in [5.74, 6) is 1.00. The molecule has 72 valence electrons. The van der Waals surface area contributed by atoms with Gasteiger partial charge in [-0.25, -0.2) is 0 Å². The zero-order valence-corrected chi connectivity index (χ0v) is 7.90. The van der Waals surface area contributed by atoms with Crippen LogP contribution < -0.4 is 10.2 Å². The van der Waals surface area contributed by atoms with Crippen LogP contribution in [0.5, 0.6) is 0 Å². The van der Waals surface area contributed by atoms with Gasteiger partial charge in [-0.1, -0.05) is 5.21 Å². The van der Waals surface area contributed by atoms with Crippen LogP contribution in [-0.4, -0.2) is 41.2 Å². The van der Waals surface area contributed by atoms with E-state index in [0.717, 1.165) is 38.5 Å². The molecule has 1 saturated heterocycles. The summed E-state index contributed by atoms with van der Waals surface area (Å²) in [5.41, 5.74) is 0. The minimum absolute atomic E-state index is 0.888. The van der Waals surface area contributed by atoms with Crippen LogP contribution in [0.2, 0.25) is 0 Å². The molecular weight excluding hydrogens is 166 g/mol. The van der Waals surface area contributed by atoms with Gasteiger partial charge in [0, 0.05) is 32.7 Å². The fraction of sp³-hybridized carbons (Fsp3) is 0.750. The third-order valence-electron chi connectivity index (χ3n) is 2.29. The van der Waals surface area contributed by atoms with Crippen LogP contribution >= 0.6 is 0 Å². The number of piperazine rings is 1. The predicted octanol–water partition coefficient (Wildman–Crippen LogP) is -0.292. The van der Waals surface area contributed by atoms with Gasteiger partial charge in [-0.3, -0.25) is 4.68 Å². The molecule has 13 heavy (non-hydrogen) atoms. The highest BCUT2D eigenvalue weighted by Crippen LogP contribution is 2.08. The first-order valence-electron chi connectivity index (χ1n) is 4.76. The van der Waals surface area contributed by atoms with E-state index in [0.29, 0.717) is 0 Å². The number of hydrogen-bond donors (Lipinski definition) is 1. The molecule has 5 nitrogen and oxygen atoms in total. The molecule has 1 aliphatic heterocycles. The quantitative estimate of drug-likeness (QED) is 0.681. The summed E-state index contributed by atoms with van der Waals surface area (Å²) in [5, 5.41) is 11.4. The second-order valence-corrected chi connectivity index (χ2v) is 3.17. The highest BCUT2D eigenvalue weighted by Gasteiger charge is 2.12. The van der Waals surface area contributed by atoms with Crippen molar-refractivity contribution in [3.8, 4) is 0 Å². The van der Waals surface area contributed by atoms with Crippen LogP contribution in [0.4, 0.5) is 5.82 Å². The number of rotatable bonds is 2. The smallest absolute Gasteiger partial charge is 0.171 e. The van der Waals surface area contributed by atoms with Crippen molar-refractivity contribution in [3.63, 3.8) is 0 Å². The van der Waals surface area contributed by atoms with E-state index < -0.39 is 0 Å². The molecule has 0 aromatic carbocycles. The molecule has 0 aliphatic carbocycles. The lowest BCUT2D eigenvalue weighted by atomic mass is 10.4. The summed E-state index contributed by atoms with van der Waals surface area (Å²) < 4.78 is 1.86. The molecule has 0 atom stereocenters. The first kappa shape index (κ1) is 8.50. The molecule has 1 N–H and O–H groups in total. The van der Waals surface area contributed by atoms with Crippen molar-refractivity contribution in [2.24, 2.45) is 0 Å². The van der Waals surface area contributed by atoms with Crippen molar-refractivity contribution in [1.29, 1.82) is 0 Å². The molecular formula is C8H15N5. The van der Waals surface area contributed by atoms with Gasteiger partial charge in [0.25, 0.3) is 0 Å². The molecule has 0 saturated carbocycles. The molecule has 1 aliphatic rings. The average Bonchev–Trinajstić information content (AvgIpc) is 2.67. The third kappa shape index (κ3) is 1.80. The average molecular weight is 181 g/mol. The van der Waals surface area contributed by atoms with Crippen molar-refractivity contribution >= 4 is 5.82 Å². The number of anilines is 1. The van der Waals surface area contributed by atoms with Gasteiger partial charge in [0.2, 0.25) is 0 Å². The second kappa shape index (κ2) is 3.74. The number of hydrogen-bond acceptors (Lipinski definition) is 4. The first-order chi connectivity index (χ1) is 6.40. The third-order valence-corrected chi connectivity index (χ3v) is 2.29. The van der Waals surface area contributed by atoms with Gasteiger partial charge in [-0.15, -0.1) is 5.10 Å². The van der Waals surface area contributed by atoms with Gasteiger partial charge >= 0.3 is 0 Å². The van der Waals surface area contributed by atoms with Gasteiger partial charge in [0.15, 0.2) is 5.82 Å². The number of aryl methyl sites for hydroxylation is 1.